The van der Waals surface area contributed by atoms with Gasteiger partial charge in [-0.1, -0.05) is 26.7 Å². The van der Waals surface area contributed by atoms with Crippen molar-refractivity contribution in [3.8, 4) is 0 Å². The van der Waals surface area contributed by atoms with E-state index in [1.54, 1.807) is 0 Å². The van der Waals surface area contributed by atoms with Crippen molar-refractivity contribution in [3.05, 3.63) is 0 Å². The van der Waals surface area contributed by atoms with Crippen LogP contribution in [0, 0.1) is 0 Å². The summed E-state index contributed by atoms with van der Waals surface area (Å²) in [6.45, 7) is 7.61. The van der Waals surface area contributed by atoms with Crippen LogP contribution in [0.5, 0.6) is 0 Å². The molecule has 2 heteroatoms. The van der Waals surface area contributed by atoms with Gasteiger partial charge in [0.1, 0.15) is 0 Å². The Kier molecular flexibility index (Phi) is 73.4. The Labute approximate surface area is 59.8 Å². The molecule has 0 aliphatic rings. The van der Waals surface area contributed by atoms with Crippen LogP contribution in [0.25, 0.3) is 0 Å². The second-order valence-electron chi connectivity index (χ2n) is 1.000. The minimum Gasteiger partial charge on any atom is -0.545 e. The summed E-state index contributed by atoms with van der Waals surface area (Å²) in [7, 11) is 0. The fraction of sp³-hybridized carbons (Fsp3) is 0.800. The molecule has 7 heavy (non-hydrogen) atoms. The molecule has 1 nitrogen and oxygen atoms in total. The second kappa shape index (κ2) is 32.8. The van der Waals surface area contributed by atoms with Gasteiger partial charge in [-0.05, 0) is 0 Å². The largest absolute Gasteiger partial charge is 0.545 e. The average molecular weight is 282 g/mol. The molecule has 0 spiro atoms. The van der Waals surface area contributed by atoms with Gasteiger partial charge in [-0.2, -0.15) is 0 Å². The zero-order valence-corrected chi connectivity index (χ0v) is 6.99. The molecule has 0 N–H and O–H groups in total. The fourth-order valence-electron chi connectivity index (χ4n) is 0. The van der Waals surface area contributed by atoms with Gasteiger partial charge in [0, 0.05) is 21.1 Å². The van der Waals surface area contributed by atoms with Crippen LogP contribution in [-0.2, 0) is 25.9 Å². The van der Waals surface area contributed by atoms with E-state index in [9.17, 15) is 0 Å². The van der Waals surface area contributed by atoms with Gasteiger partial charge in [0.25, 0.3) is 0 Å². The Morgan fingerprint density at radius 3 is 1.29 bits per heavy atom. The molecule has 0 saturated carbocycles. The van der Waals surface area contributed by atoms with Gasteiger partial charge in [0.15, 0.2) is 0 Å². The van der Waals surface area contributed by atoms with Crippen LogP contribution in [-0.4, -0.2) is 6.79 Å². The van der Waals surface area contributed by atoms with Crippen LogP contribution in [0.15, 0.2) is 0 Å². The number of rotatable bonds is 1. The van der Waals surface area contributed by atoms with E-state index in [0.717, 1.165) is 0 Å². The molecule has 0 bridgehead atoms. The maximum absolute atomic E-state index is 7.75. The van der Waals surface area contributed by atoms with Crippen molar-refractivity contribution in [1.82, 2.24) is 0 Å². The molecule has 0 aromatic heterocycles. The first-order valence-electron chi connectivity index (χ1n) is 2.15. The van der Waals surface area contributed by atoms with Gasteiger partial charge in [-0.25, -0.2) is 0 Å². The van der Waals surface area contributed by atoms with Gasteiger partial charge >= 0.3 is 0 Å². The maximum Gasteiger partial charge on any atom is 0 e. The molecule has 0 saturated heterocycles. The van der Waals surface area contributed by atoms with Gasteiger partial charge in [0.05, 0.1) is 0 Å². The number of hydrogen-bond donors (Lipinski definition) is 0. The van der Waals surface area contributed by atoms with E-state index in [1.165, 1.54) is 12.8 Å². The van der Waals surface area contributed by atoms with Crippen LogP contribution in [0.1, 0.15) is 26.7 Å². The van der Waals surface area contributed by atoms with E-state index in [0.29, 0.717) is 0 Å². The molecule has 0 aromatic rings. The molecule has 0 amide bonds. The molecule has 0 atom stereocenters. The molecule has 0 aliphatic heterocycles. The van der Waals surface area contributed by atoms with Crippen molar-refractivity contribution in [2.45, 2.75) is 26.7 Å². The Morgan fingerprint density at radius 2 is 1.29 bits per heavy atom. The summed E-state index contributed by atoms with van der Waals surface area (Å²) in [6.07, 6.45) is 2.64. The normalized spacial score (nSPS) is 4.86. The summed E-state index contributed by atoms with van der Waals surface area (Å²) in [5.41, 5.74) is 0. The summed E-state index contributed by atoms with van der Waals surface area (Å²) in [5.74, 6) is 0. The molecular weight excluding hydrogens is 271 g/mol. The van der Waals surface area contributed by atoms with Crippen molar-refractivity contribution in [1.29, 1.82) is 0 Å². The third-order valence-electron chi connectivity index (χ3n) is 0.500. The fourth-order valence-corrected chi connectivity index (χ4v) is 0. The topological polar surface area (TPSA) is 17.1 Å². The maximum atomic E-state index is 7.75. The van der Waals surface area contributed by atoms with Gasteiger partial charge in [-0.15, -0.1) is 0 Å². The van der Waals surface area contributed by atoms with E-state index in [2.05, 4.69) is 20.6 Å². The van der Waals surface area contributed by atoms with E-state index in [1.807, 2.05) is 0 Å². The summed E-state index contributed by atoms with van der Waals surface area (Å²) in [4.78, 5) is 7.75. The SMILES string of the molecule is CCCC.[CH-]=O.[Pt]. The van der Waals surface area contributed by atoms with Crippen molar-refractivity contribution in [2.24, 2.45) is 0 Å². The van der Waals surface area contributed by atoms with Gasteiger partial charge < -0.3 is 4.79 Å². The zero-order valence-electron chi connectivity index (χ0n) is 4.72. The molecule has 0 rings (SSSR count). The summed E-state index contributed by atoms with van der Waals surface area (Å²) in [6, 6.07) is 0. The van der Waals surface area contributed by atoms with Crippen molar-refractivity contribution < 1.29 is 25.9 Å². The molecular formula is C5H11OPt-. The predicted octanol–water partition coefficient (Wildman–Crippen LogP) is 1.53. The van der Waals surface area contributed by atoms with Gasteiger partial charge in [0.2, 0.25) is 0 Å². The molecule has 0 heterocycles. The molecule has 0 aromatic carbocycles. The smallest absolute Gasteiger partial charge is 0 e. The van der Waals surface area contributed by atoms with Crippen molar-refractivity contribution in [2.75, 3.05) is 0 Å². The Balaban J connectivity index is -0.0000000480. The third-order valence-corrected chi connectivity index (χ3v) is 0.500. The number of hydrogen-bond acceptors (Lipinski definition) is 1. The summed E-state index contributed by atoms with van der Waals surface area (Å²) < 4.78 is 0. The molecule has 0 unspecified atom stereocenters. The number of unbranched alkanes of at least 4 members (excludes halogenated alkanes) is 1. The Bertz CT molecular complexity index is 15.6. The van der Waals surface area contributed by atoms with Crippen molar-refractivity contribution in [3.63, 3.8) is 0 Å². The molecule has 0 radical (unpaired) electrons. The minimum absolute atomic E-state index is 0. The van der Waals surface area contributed by atoms with E-state index in [-0.39, 0.29) is 21.1 Å². The Morgan fingerprint density at radius 1 is 1.14 bits per heavy atom. The quantitative estimate of drug-likeness (QED) is 0.526. The third kappa shape index (κ3) is 65.5. The zero-order chi connectivity index (χ0) is 5.41. The standard InChI is InChI=1S/C4H10.CHO.Pt/c1-3-4-2;1-2;/h3-4H2,1-2H3;1H;/q;-1;. The molecule has 0 fully saturated rings. The molecule has 48 valence electrons. The van der Waals surface area contributed by atoms with Crippen LogP contribution in [0.3, 0.4) is 0 Å². The van der Waals surface area contributed by atoms with Crippen LogP contribution < -0.4 is 0 Å². The summed E-state index contributed by atoms with van der Waals surface area (Å²) >= 11 is 0. The first-order chi connectivity index (χ1) is 2.91. The Hall–Kier alpha value is 0.358. The molecule has 0 aliphatic carbocycles. The van der Waals surface area contributed by atoms with E-state index < -0.39 is 0 Å². The average Bonchev–Trinajstić information content (AvgIpc) is 1.72. The minimum atomic E-state index is 0. The monoisotopic (exact) mass is 282 g/mol. The first kappa shape index (κ1) is 15.7. The van der Waals surface area contributed by atoms with Crippen LogP contribution >= 0.6 is 0 Å². The number of carbonyl (C=O) groups excluding carboxylic acids is 1. The first-order valence-corrected chi connectivity index (χ1v) is 2.15. The van der Waals surface area contributed by atoms with Gasteiger partial charge in [-0.3, -0.25) is 6.79 Å². The van der Waals surface area contributed by atoms with Crippen LogP contribution in [0.4, 0.5) is 0 Å². The predicted molar refractivity (Wildman–Crippen MR) is 27.3 cm³/mol. The van der Waals surface area contributed by atoms with E-state index in [4.69, 9.17) is 4.79 Å². The van der Waals surface area contributed by atoms with Crippen LogP contribution in [0.2, 0.25) is 0 Å². The second-order valence-corrected chi connectivity index (χ2v) is 1.000. The van der Waals surface area contributed by atoms with E-state index >= 15 is 0 Å². The van der Waals surface area contributed by atoms with Crippen molar-refractivity contribution >= 4 is 6.79 Å². The summed E-state index contributed by atoms with van der Waals surface area (Å²) in [5, 5.41) is 0.